The molecule has 34 heavy (non-hydrogen) atoms. The van der Waals surface area contributed by atoms with Gasteiger partial charge in [-0.15, -0.1) is 0 Å². The SMILES string of the molecule is COCCNC(=O)NC(=O)COC(=O)c1cc(-c2ccc(OC)c(OC)c2)nc2ccccc12. The highest BCUT2D eigenvalue weighted by Gasteiger charge is 2.18. The first-order chi connectivity index (χ1) is 16.5. The van der Waals surface area contributed by atoms with Crippen LogP contribution >= 0.6 is 0 Å². The van der Waals surface area contributed by atoms with E-state index in [4.69, 9.17) is 18.9 Å². The van der Waals surface area contributed by atoms with Crippen molar-refractivity contribution in [1.82, 2.24) is 15.6 Å². The van der Waals surface area contributed by atoms with Gasteiger partial charge in [-0.2, -0.15) is 0 Å². The number of hydrogen-bond acceptors (Lipinski definition) is 8. The van der Waals surface area contributed by atoms with E-state index >= 15 is 0 Å². The van der Waals surface area contributed by atoms with E-state index < -0.39 is 24.5 Å². The smallest absolute Gasteiger partial charge is 0.339 e. The molecule has 0 bridgehead atoms. The fourth-order valence-electron chi connectivity index (χ4n) is 3.17. The Bertz CT molecular complexity index is 1200. The molecule has 0 aliphatic carbocycles. The highest BCUT2D eigenvalue weighted by molar-refractivity contribution is 6.05. The lowest BCUT2D eigenvalue weighted by atomic mass is 10.0. The van der Waals surface area contributed by atoms with E-state index in [0.29, 0.717) is 40.3 Å². The summed E-state index contributed by atoms with van der Waals surface area (Å²) in [7, 11) is 4.56. The van der Waals surface area contributed by atoms with Gasteiger partial charge in [0.1, 0.15) is 0 Å². The van der Waals surface area contributed by atoms with Crippen LogP contribution in [0.4, 0.5) is 4.79 Å². The zero-order valence-electron chi connectivity index (χ0n) is 19.0. The van der Waals surface area contributed by atoms with Crippen molar-refractivity contribution in [3.05, 3.63) is 54.1 Å². The Kier molecular flexibility index (Phi) is 8.36. The first-order valence-electron chi connectivity index (χ1n) is 10.3. The number of imide groups is 1. The maximum atomic E-state index is 12.9. The second-order valence-corrected chi connectivity index (χ2v) is 7.01. The van der Waals surface area contributed by atoms with Crippen LogP contribution in [0.15, 0.2) is 48.5 Å². The van der Waals surface area contributed by atoms with Crippen molar-refractivity contribution in [2.24, 2.45) is 0 Å². The molecule has 3 aromatic rings. The van der Waals surface area contributed by atoms with Gasteiger partial charge in [0, 0.05) is 24.6 Å². The molecule has 0 saturated carbocycles. The summed E-state index contributed by atoms with van der Waals surface area (Å²) in [6.45, 7) is -0.0929. The van der Waals surface area contributed by atoms with Gasteiger partial charge < -0.3 is 24.3 Å². The molecular formula is C24H25N3O7. The molecule has 1 heterocycles. The molecule has 0 atom stereocenters. The summed E-state index contributed by atoms with van der Waals surface area (Å²) in [6, 6.07) is 13.2. The topological polar surface area (TPSA) is 125 Å². The third kappa shape index (κ3) is 5.99. The van der Waals surface area contributed by atoms with Crippen LogP contribution in [-0.2, 0) is 14.3 Å². The van der Waals surface area contributed by atoms with E-state index in [2.05, 4.69) is 15.6 Å². The summed E-state index contributed by atoms with van der Waals surface area (Å²) in [5, 5.41) is 5.09. The number of carbonyl (C=O) groups excluding carboxylic acids is 3. The highest BCUT2D eigenvalue weighted by Crippen LogP contribution is 2.33. The molecule has 0 radical (unpaired) electrons. The molecule has 0 unspecified atom stereocenters. The Hall–Kier alpha value is -4.18. The van der Waals surface area contributed by atoms with E-state index in [0.717, 1.165) is 0 Å². The third-order valence-corrected chi connectivity index (χ3v) is 4.79. The first-order valence-corrected chi connectivity index (χ1v) is 10.3. The van der Waals surface area contributed by atoms with Crippen LogP contribution in [-0.4, -0.2) is 64.0 Å². The Morgan fingerprint density at radius 1 is 0.941 bits per heavy atom. The van der Waals surface area contributed by atoms with Crippen LogP contribution in [0, 0.1) is 0 Å². The molecule has 2 aromatic carbocycles. The van der Waals surface area contributed by atoms with Crippen molar-refractivity contribution >= 4 is 28.8 Å². The number of para-hydroxylation sites is 1. The second-order valence-electron chi connectivity index (χ2n) is 7.01. The molecule has 10 heteroatoms. The number of rotatable bonds is 9. The first kappa shape index (κ1) is 24.5. The predicted molar refractivity (Wildman–Crippen MR) is 124 cm³/mol. The van der Waals surface area contributed by atoms with Crippen molar-refractivity contribution < 1.29 is 33.3 Å². The van der Waals surface area contributed by atoms with Crippen LogP contribution in [0.2, 0.25) is 0 Å². The lowest BCUT2D eigenvalue weighted by Gasteiger charge is -2.12. The number of nitrogens with one attached hydrogen (secondary N) is 2. The summed E-state index contributed by atoms with van der Waals surface area (Å²) in [6.07, 6.45) is 0. The van der Waals surface area contributed by atoms with E-state index in [1.54, 1.807) is 55.6 Å². The quantitative estimate of drug-likeness (QED) is 0.363. The molecule has 1 aromatic heterocycles. The third-order valence-electron chi connectivity index (χ3n) is 4.79. The van der Waals surface area contributed by atoms with Crippen molar-refractivity contribution in [1.29, 1.82) is 0 Å². The van der Waals surface area contributed by atoms with Crippen LogP contribution < -0.4 is 20.1 Å². The van der Waals surface area contributed by atoms with E-state index in [1.165, 1.54) is 14.2 Å². The minimum absolute atomic E-state index is 0.229. The molecule has 3 amide bonds. The molecule has 178 valence electrons. The summed E-state index contributed by atoms with van der Waals surface area (Å²) in [4.78, 5) is 41.2. The predicted octanol–water partition coefficient (Wildman–Crippen LogP) is 2.55. The number of benzene rings is 2. The fourth-order valence-corrected chi connectivity index (χ4v) is 3.17. The summed E-state index contributed by atoms with van der Waals surface area (Å²) in [5.41, 5.74) is 2.01. The Balaban J connectivity index is 1.81. The number of hydrogen-bond donors (Lipinski definition) is 2. The van der Waals surface area contributed by atoms with Gasteiger partial charge in [0.05, 0.1) is 37.6 Å². The number of carbonyl (C=O) groups is 3. The number of esters is 1. The van der Waals surface area contributed by atoms with Gasteiger partial charge in [0.2, 0.25) is 0 Å². The normalized spacial score (nSPS) is 10.4. The number of urea groups is 1. The Morgan fingerprint density at radius 3 is 2.44 bits per heavy atom. The van der Waals surface area contributed by atoms with Gasteiger partial charge in [-0.3, -0.25) is 10.1 Å². The van der Waals surface area contributed by atoms with Gasteiger partial charge in [-0.05, 0) is 30.3 Å². The summed E-state index contributed by atoms with van der Waals surface area (Å²) >= 11 is 0. The highest BCUT2D eigenvalue weighted by atomic mass is 16.5. The van der Waals surface area contributed by atoms with Crippen molar-refractivity contribution in [2.75, 3.05) is 41.1 Å². The van der Waals surface area contributed by atoms with Crippen molar-refractivity contribution in [3.63, 3.8) is 0 Å². The maximum Gasteiger partial charge on any atom is 0.339 e. The van der Waals surface area contributed by atoms with Gasteiger partial charge in [0.15, 0.2) is 18.1 Å². The monoisotopic (exact) mass is 467 g/mol. The molecule has 0 saturated heterocycles. The molecule has 0 aliphatic heterocycles. The fraction of sp³-hybridized carbons (Fsp3) is 0.250. The number of pyridine rings is 1. The van der Waals surface area contributed by atoms with Crippen LogP contribution in [0.5, 0.6) is 11.5 Å². The average molecular weight is 467 g/mol. The zero-order chi connectivity index (χ0) is 24.5. The Morgan fingerprint density at radius 2 is 1.71 bits per heavy atom. The largest absolute Gasteiger partial charge is 0.493 e. The van der Waals surface area contributed by atoms with E-state index in [-0.39, 0.29) is 12.1 Å². The molecular weight excluding hydrogens is 442 g/mol. The van der Waals surface area contributed by atoms with Gasteiger partial charge in [-0.1, -0.05) is 18.2 Å². The second kappa shape index (κ2) is 11.6. The van der Waals surface area contributed by atoms with Crippen molar-refractivity contribution in [3.8, 4) is 22.8 Å². The maximum absolute atomic E-state index is 12.9. The van der Waals surface area contributed by atoms with Crippen LogP contribution in [0.3, 0.4) is 0 Å². The van der Waals surface area contributed by atoms with Gasteiger partial charge in [-0.25, -0.2) is 14.6 Å². The molecule has 0 fully saturated rings. The van der Waals surface area contributed by atoms with Gasteiger partial charge >= 0.3 is 12.0 Å². The molecule has 3 rings (SSSR count). The summed E-state index contributed by atoms with van der Waals surface area (Å²) < 4.78 is 20.6. The lowest BCUT2D eigenvalue weighted by molar-refractivity contribution is -0.123. The van der Waals surface area contributed by atoms with Crippen LogP contribution in [0.25, 0.3) is 22.2 Å². The van der Waals surface area contributed by atoms with Gasteiger partial charge in [0.25, 0.3) is 5.91 Å². The number of aromatic nitrogens is 1. The standard InChI is InChI=1S/C24H25N3O7/c1-31-11-10-25-24(30)27-22(28)14-34-23(29)17-13-19(26-18-7-5-4-6-16(17)18)15-8-9-20(32-2)21(12-15)33-3/h4-9,12-13H,10-11,14H2,1-3H3,(H2,25,27,28,30). The minimum Gasteiger partial charge on any atom is -0.493 e. The number of methoxy groups -OCH3 is 3. The molecule has 0 aliphatic rings. The Labute approximate surface area is 196 Å². The summed E-state index contributed by atoms with van der Waals surface area (Å²) in [5.74, 6) is -0.416. The van der Waals surface area contributed by atoms with E-state index in [1.807, 2.05) is 0 Å². The number of amides is 3. The van der Waals surface area contributed by atoms with Crippen molar-refractivity contribution in [2.45, 2.75) is 0 Å². The number of ether oxygens (including phenoxy) is 4. The molecule has 2 N–H and O–H groups in total. The molecule has 10 nitrogen and oxygen atoms in total. The van der Waals surface area contributed by atoms with Crippen LogP contribution in [0.1, 0.15) is 10.4 Å². The average Bonchev–Trinajstić information content (AvgIpc) is 2.86. The number of nitrogens with zero attached hydrogens (tertiary/aromatic N) is 1. The van der Waals surface area contributed by atoms with E-state index in [9.17, 15) is 14.4 Å². The lowest BCUT2D eigenvalue weighted by Crippen LogP contribution is -2.42. The molecule has 0 spiro atoms. The minimum atomic E-state index is -0.762. The number of fused-ring (bicyclic) bond motifs is 1. The zero-order valence-corrected chi connectivity index (χ0v) is 19.0.